The molecule has 4 N–H and O–H groups in total. The Morgan fingerprint density at radius 1 is 1.25 bits per heavy atom. The summed E-state index contributed by atoms with van der Waals surface area (Å²) in [6.07, 6.45) is -2.10. The van der Waals surface area contributed by atoms with Gasteiger partial charge in [-0.2, -0.15) is 4.98 Å². The average molecular weight is 387 g/mol. The van der Waals surface area contributed by atoms with Gasteiger partial charge in [0, 0.05) is 7.11 Å². The van der Waals surface area contributed by atoms with Crippen LogP contribution < -0.4 is 10.5 Å². The summed E-state index contributed by atoms with van der Waals surface area (Å²) in [6, 6.07) is 9.79. The van der Waals surface area contributed by atoms with Gasteiger partial charge in [0.2, 0.25) is 0 Å². The van der Waals surface area contributed by atoms with E-state index in [4.69, 9.17) is 19.9 Å². The summed E-state index contributed by atoms with van der Waals surface area (Å²) in [5.74, 6) is 0.194. The van der Waals surface area contributed by atoms with E-state index < -0.39 is 24.5 Å². The molecule has 3 aromatic rings. The number of nitrogen functional groups attached to an aromatic ring is 1. The number of fused-ring (bicyclic) bond motifs is 1. The third kappa shape index (κ3) is 3.16. The van der Waals surface area contributed by atoms with Gasteiger partial charge in [-0.1, -0.05) is 30.3 Å². The van der Waals surface area contributed by atoms with Gasteiger partial charge < -0.3 is 30.2 Å². The highest BCUT2D eigenvalue weighted by atomic mass is 16.6. The summed E-state index contributed by atoms with van der Waals surface area (Å²) in [4.78, 5) is 12.6. The van der Waals surface area contributed by atoms with Gasteiger partial charge in [0.05, 0.1) is 6.61 Å². The van der Waals surface area contributed by atoms with Crippen LogP contribution >= 0.6 is 0 Å². The van der Waals surface area contributed by atoms with E-state index >= 15 is 0 Å². The molecule has 0 amide bonds. The first kappa shape index (κ1) is 18.6. The van der Waals surface area contributed by atoms with Crippen LogP contribution in [0.3, 0.4) is 0 Å². The van der Waals surface area contributed by atoms with Crippen molar-refractivity contribution in [2.45, 2.75) is 31.1 Å². The highest BCUT2D eigenvalue weighted by Crippen LogP contribution is 2.37. The largest absolute Gasteiger partial charge is 0.460 e. The maximum atomic E-state index is 10.4. The molecular weight excluding hydrogens is 366 g/mol. The topological polar surface area (TPSA) is 138 Å². The summed E-state index contributed by atoms with van der Waals surface area (Å²) in [5, 5.41) is 19.9. The van der Waals surface area contributed by atoms with Gasteiger partial charge >= 0.3 is 6.01 Å². The number of aliphatic hydroxyl groups is 2. The Morgan fingerprint density at radius 2 is 2.04 bits per heavy atom. The van der Waals surface area contributed by atoms with Crippen molar-refractivity contribution in [1.29, 1.82) is 0 Å². The molecule has 0 unspecified atom stereocenters. The molecule has 10 nitrogen and oxygen atoms in total. The van der Waals surface area contributed by atoms with Crippen LogP contribution in [0.15, 0.2) is 36.7 Å². The lowest BCUT2D eigenvalue weighted by atomic mass is 10.1. The fraction of sp³-hybridized carbons (Fsp3) is 0.389. The van der Waals surface area contributed by atoms with E-state index in [1.807, 2.05) is 30.3 Å². The van der Waals surface area contributed by atoms with Gasteiger partial charge in [-0.05, 0) is 5.56 Å². The van der Waals surface area contributed by atoms with E-state index in [1.54, 1.807) is 4.57 Å². The van der Waals surface area contributed by atoms with Crippen LogP contribution in [-0.4, -0.2) is 61.8 Å². The normalized spacial score (nSPS) is 24.7. The third-order valence-electron chi connectivity index (χ3n) is 4.70. The van der Waals surface area contributed by atoms with Crippen molar-refractivity contribution in [3.8, 4) is 6.01 Å². The number of nitrogens with two attached hydrogens (primary N) is 1. The molecule has 1 aliphatic heterocycles. The Bertz CT molecular complexity index is 950. The number of rotatable bonds is 6. The Hall–Kier alpha value is -2.79. The second-order valence-corrected chi connectivity index (χ2v) is 6.41. The Kier molecular flexibility index (Phi) is 5.09. The van der Waals surface area contributed by atoms with Crippen LogP contribution in [0.4, 0.5) is 5.82 Å². The van der Waals surface area contributed by atoms with E-state index in [9.17, 15) is 10.2 Å². The summed E-state index contributed by atoms with van der Waals surface area (Å²) in [5.41, 5.74) is 7.63. The molecule has 0 radical (unpaired) electrons. The molecule has 10 heteroatoms. The first-order valence-corrected chi connectivity index (χ1v) is 8.76. The van der Waals surface area contributed by atoms with E-state index in [-0.39, 0.29) is 25.0 Å². The number of hydrogen-bond donors (Lipinski definition) is 3. The number of ether oxygens (including phenoxy) is 3. The number of aromatic nitrogens is 4. The maximum Gasteiger partial charge on any atom is 0.301 e. The number of nitrogens with zero attached hydrogens (tertiary/aromatic N) is 4. The molecule has 3 heterocycles. The minimum atomic E-state index is -1.03. The van der Waals surface area contributed by atoms with E-state index in [0.29, 0.717) is 11.2 Å². The zero-order valence-corrected chi connectivity index (χ0v) is 15.2. The molecule has 28 heavy (non-hydrogen) atoms. The standard InChI is InChI=1S/C18H21N5O5/c1-26-14-13(25)11(7-24)28-17(14)23-16-12(15(19)20-9-21-16)22-18(23)27-8-10-5-3-2-4-6-10/h2-6,9,11,13-14,17,24-25H,7-8H2,1H3,(H2,19,20,21)/t11-,13-,14-,17-/m1/s1. The molecule has 148 valence electrons. The Balaban J connectivity index is 1.76. The number of methoxy groups -OCH3 is 1. The van der Waals surface area contributed by atoms with Crippen molar-refractivity contribution in [3.63, 3.8) is 0 Å². The highest BCUT2D eigenvalue weighted by molar-refractivity contribution is 5.82. The van der Waals surface area contributed by atoms with Crippen LogP contribution in [0.1, 0.15) is 11.8 Å². The lowest BCUT2D eigenvalue weighted by Gasteiger charge is -2.21. The lowest BCUT2D eigenvalue weighted by molar-refractivity contribution is -0.0619. The van der Waals surface area contributed by atoms with Gasteiger partial charge in [-0.15, -0.1) is 0 Å². The molecule has 0 bridgehead atoms. The van der Waals surface area contributed by atoms with Crippen molar-refractivity contribution in [2.24, 2.45) is 0 Å². The van der Waals surface area contributed by atoms with Crippen LogP contribution in [0.25, 0.3) is 11.2 Å². The molecule has 0 spiro atoms. The van der Waals surface area contributed by atoms with E-state index in [0.717, 1.165) is 5.56 Å². The molecule has 1 aliphatic rings. The van der Waals surface area contributed by atoms with Gasteiger partial charge in [0.25, 0.3) is 0 Å². The third-order valence-corrected chi connectivity index (χ3v) is 4.70. The van der Waals surface area contributed by atoms with Crippen LogP contribution in [0.5, 0.6) is 6.01 Å². The van der Waals surface area contributed by atoms with Crippen LogP contribution in [0.2, 0.25) is 0 Å². The first-order chi connectivity index (χ1) is 13.6. The Labute approximate surface area is 160 Å². The zero-order valence-electron chi connectivity index (χ0n) is 15.2. The molecule has 1 aromatic carbocycles. The maximum absolute atomic E-state index is 10.4. The second-order valence-electron chi connectivity index (χ2n) is 6.41. The molecule has 0 saturated carbocycles. The SMILES string of the molecule is CO[C@@H]1[C@H](O)[C@@H](CO)O[C@H]1n1c(OCc2ccccc2)nc2c(N)ncnc21. The molecular formula is C18H21N5O5. The van der Waals surface area contributed by atoms with Crippen molar-refractivity contribution in [1.82, 2.24) is 19.5 Å². The van der Waals surface area contributed by atoms with Crippen molar-refractivity contribution in [3.05, 3.63) is 42.2 Å². The minimum absolute atomic E-state index is 0.194. The molecule has 0 aliphatic carbocycles. The van der Waals surface area contributed by atoms with Crippen molar-refractivity contribution >= 4 is 17.0 Å². The predicted octanol–water partition coefficient (Wildman–Crippen LogP) is 0.253. The number of anilines is 1. The monoisotopic (exact) mass is 387 g/mol. The predicted molar refractivity (Wildman–Crippen MR) is 98.3 cm³/mol. The average Bonchev–Trinajstić information content (AvgIpc) is 3.24. The van der Waals surface area contributed by atoms with Gasteiger partial charge in [-0.3, -0.25) is 0 Å². The first-order valence-electron chi connectivity index (χ1n) is 8.76. The second kappa shape index (κ2) is 7.68. The summed E-state index contributed by atoms with van der Waals surface area (Å²) < 4.78 is 18.7. The zero-order chi connectivity index (χ0) is 19.7. The minimum Gasteiger partial charge on any atom is -0.460 e. The molecule has 4 rings (SSSR count). The van der Waals surface area contributed by atoms with E-state index in [2.05, 4.69) is 15.0 Å². The van der Waals surface area contributed by atoms with Crippen LogP contribution in [0, 0.1) is 0 Å². The lowest BCUT2D eigenvalue weighted by Crippen LogP contribution is -2.34. The quantitative estimate of drug-likeness (QED) is 0.543. The fourth-order valence-electron chi connectivity index (χ4n) is 3.29. The van der Waals surface area contributed by atoms with E-state index in [1.165, 1.54) is 13.4 Å². The summed E-state index contributed by atoms with van der Waals surface area (Å²) in [7, 11) is 1.46. The summed E-state index contributed by atoms with van der Waals surface area (Å²) >= 11 is 0. The van der Waals surface area contributed by atoms with Crippen molar-refractivity contribution in [2.75, 3.05) is 19.5 Å². The number of imidazole rings is 1. The van der Waals surface area contributed by atoms with Crippen LogP contribution in [-0.2, 0) is 16.1 Å². The molecule has 4 atom stereocenters. The molecule has 1 saturated heterocycles. The molecule has 2 aromatic heterocycles. The van der Waals surface area contributed by atoms with Crippen molar-refractivity contribution < 1.29 is 24.4 Å². The molecule has 1 fully saturated rings. The van der Waals surface area contributed by atoms with Gasteiger partial charge in [0.15, 0.2) is 23.2 Å². The van der Waals surface area contributed by atoms with Gasteiger partial charge in [0.1, 0.15) is 31.2 Å². The number of benzene rings is 1. The smallest absolute Gasteiger partial charge is 0.301 e. The van der Waals surface area contributed by atoms with Gasteiger partial charge in [-0.25, -0.2) is 14.5 Å². The Morgan fingerprint density at radius 3 is 2.75 bits per heavy atom. The number of hydrogen-bond acceptors (Lipinski definition) is 9. The number of aliphatic hydroxyl groups excluding tert-OH is 2. The highest BCUT2D eigenvalue weighted by Gasteiger charge is 2.46. The summed E-state index contributed by atoms with van der Waals surface area (Å²) in [6.45, 7) is -0.102. The fourth-order valence-corrected chi connectivity index (χ4v) is 3.29.